The summed E-state index contributed by atoms with van der Waals surface area (Å²) in [5.41, 5.74) is 1.49. The molecule has 0 unspecified atom stereocenters. The van der Waals surface area contributed by atoms with Crippen LogP contribution >= 0.6 is 0 Å². The number of nitrogens with one attached hydrogen (secondary N) is 1. The van der Waals surface area contributed by atoms with Gasteiger partial charge in [0, 0.05) is 24.5 Å². The molecule has 2 aromatic carbocycles. The van der Waals surface area contributed by atoms with Gasteiger partial charge >= 0.3 is 0 Å². The molecule has 6 heteroatoms. The van der Waals surface area contributed by atoms with Crippen molar-refractivity contribution in [1.82, 2.24) is 9.88 Å². The largest absolute Gasteiger partial charge is 0.438 e. The first-order valence-corrected chi connectivity index (χ1v) is 8.86. The Labute approximate surface area is 169 Å². The van der Waals surface area contributed by atoms with Crippen molar-refractivity contribution in [3.05, 3.63) is 84.1 Å². The van der Waals surface area contributed by atoms with Crippen molar-refractivity contribution >= 4 is 17.5 Å². The number of rotatable bonds is 6. The number of benzene rings is 2. The minimum Gasteiger partial charge on any atom is -0.438 e. The highest BCUT2D eigenvalue weighted by atomic mass is 16.5. The number of carbonyl (C=O) groups is 2. The van der Waals surface area contributed by atoms with Crippen molar-refractivity contribution in [2.24, 2.45) is 0 Å². The van der Waals surface area contributed by atoms with Crippen LogP contribution in [0.15, 0.2) is 72.9 Å². The molecule has 29 heavy (non-hydrogen) atoms. The topological polar surface area (TPSA) is 71.5 Å². The minimum absolute atomic E-state index is 0.140. The molecule has 0 saturated heterocycles. The molecule has 0 aliphatic rings. The second-order valence-electron chi connectivity index (χ2n) is 6.21. The van der Waals surface area contributed by atoms with Crippen LogP contribution in [0, 0.1) is 12.3 Å². The van der Waals surface area contributed by atoms with Crippen molar-refractivity contribution in [3.8, 4) is 24.0 Å². The summed E-state index contributed by atoms with van der Waals surface area (Å²) in [6, 6.07) is 19.2. The Bertz CT molecular complexity index is 1060. The second kappa shape index (κ2) is 9.20. The molecule has 0 spiro atoms. The van der Waals surface area contributed by atoms with Crippen molar-refractivity contribution in [1.29, 1.82) is 0 Å². The summed E-state index contributed by atoms with van der Waals surface area (Å²) in [5.74, 6) is 2.53. The Morgan fingerprint density at radius 2 is 1.90 bits per heavy atom. The first-order valence-electron chi connectivity index (χ1n) is 8.86. The van der Waals surface area contributed by atoms with Gasteiger partial charge < -0.3 is 15.0 Å². The van der Waals surface area contributed by atoms with Crippen LogP contribution in [0.3, 0.4) is 0 Å². The van der Waals surface area contributed by atoms with Gasteiger partial charge in [-0.3, -0.25) is 9.59 Å². The van der Waals surface area contributed by atoms with Gasteiger partial charge in [0.2, 0.25) is 11.8 Å². The van der Waals surface area contributed by atoms with Crippen LogP contribution in [0.2, 0.25) is 0 Å². The summed E-state index contributed by atoms with van der Waals surface area (Å²) < 4.78 is 5.73. The maximum atomic E-state index is 12.8. The lowest BCUT2D eigenvalue weighted by Crippen LogP contribution is -2.35. The van der Waals surface area contributed by atoms with E-state index >= 15 is 0 Å². The monoisotopic (exact) mass is 385 g/mol. The summed E-state index contributed by atoms with van der Waals surface area (Å²) in [6.45, 7) is -0.140. The van der Waals surface area contributed by atoms with E-state index in [0.29, 0.717) is 17.0 Å². The number of nitrogens with zero attached hydrogens (tertiary/aromatic N) is 2. The second-order valence-corrected chi connectivity index (χ2v) is 6.21. The third-order valence-corrected chi connectivity index (χ3v) is 4.00. The average Bonchev–Trinajstić information content (AvgIpc) is 2.74. The van der Waals surface area contributed by atoms with Gasteiger partial charge in [-0.25, -0.2) is 4.98 Å². The molecule has 3 rings (SSSR count). The number of aromatic nitrogens is 1. The number of para-hydroxylation sites is 1. The van der Waals surface area contributed by atoms with E-state index in [2.05, 4.69) is 16.2 Å². The summed E-state index contributed by atoms with van der Waals surface area (Å²) in [4.78, 5) is 30.6. The fourth-order valence-electron chi connectivity index (χ4n) is 2.62. The quantitative estimate of drug-likeness (QED) is 0.659. The van der Waals surface area contributed by atoms with Gasteiger partial charge in [-0.05, 0) is 42.5 Å². The highest BCUT2D eigenvalue weighted by Gasteiger charge is 2.20. The first-order chi connectivity index (χ1) is 14.1. The zero-order valence-corrected chi connectivity index (χ0v) is 15.8. The minimum atomic E-state index is -0.378. The summed E-state index contributed by atoms with van der Waals surface area (Å²) in [5, 5.41) is 2.73. The fourth-order valence-corrected chi connectivity index (χ4v) is 2.62. The van der Waals surface area contributed by atoms with Gasteiger partial charge in [0.15, 0.2) is 0 Å². The molecular weight excluding hydrogens is 366 g/mol. The van der Waals surface area contributed by atoms with E-state index < -0.39 is 0 Å². The zero-order chi connectivity index (χ0) is 20.6. The number of anilines is 1. The number of hydrogen-bond donors (Lipinski definition) is 1. The molecule has 3 aromatic rings. The van der Waals surface area contributed by atoms with Crippen molar-refractivity contribution in [3.63, 3.8) is 0 Å². The molecule has 0 aliphatic carbocycles. The van der Waals surface area contributed by atoms with E-state index in [-0.39, 0.29) is 29.8 Å². The molecule has 1 N–H and O–H groups in total. The van der Waals surface area contributed by atoms with Gasteiger partial charge in [-0.15, -0.1) is 6.42 Å². The lowest BCUT2D eigenvalue weighted by molar-refractivity contribution is -0.116. The molecule has 1 aromatic heterocycles. The van der Waals surface area contributed by atoms with Gasteiger partial charge in [0.25, 0.3) is 5.91 Å². The third kappa shape index (κ3) is 5.21. The molecule has 0 bridgehead atoms. The Hall–Kier alpha value is -4.11. The van der Waals surface area contributed by atoms with Gasteiger partial charge in [-0.2, -0.15) is 0 Å². The normalized spacial score (nSPS) is 9.93. The third-order valence-electron chi connectivity index (χ3n) is 4.00. The van der Waals surface area contributed by atoms with Crippen molar-refractivity contribution in [2.45, 2.75) is 0 Å². The molecule has 144 valence electrons. The highest BCUT2D eigenvalue weighted by Crippen LogP contribution is 2.23. The van der Waals surface area contributed by atoms with Crippen molar-refractivity contribution in [2.75, 3.05) is 18.9 Å². The van der Waals surface area contributed by atoms with E-state index in [4.69, 9.17) is 11.2 Å². The Morgan fingerprint density at radius 3 is 2.66 bits per heavy atom. The van der Waals surface area contributed by atoms with Gasteiger partial charge in [0.1, 0.15) is 11.3 Å². The molecule has 0 radical (unpaired) electrons. The van der Waals surface area contributed by atoms with E-state index in [1.54, 1.807) is 61.8 Å². The van der Waals surface area contributed by atoms with Gasteiger partial charge in [0.05, 0.1) is 6.54 Å². The lowest BCUT2D eigenvalue weighted by atomic mass is 10.2. The number of hydrogen-bond acceptors (Lipinski definition) is 4. The first kappa shape index (κ1) is 19.6. The smallest absolute Gasteiger partial charge is 0.259 e. The van der Waals surface area contributed by atoms with Crippen LogP contribution < -0.4 is 10.1 Å². The number of ether oxygens (including phenoxy) is 1. The molecule has 0 saturated carbocycles. The molecule has 1 heterocycles. The van der Waals surface area contributed by atoms with Crippen LogP contribution in [0.25, 0.3) is 0 Å². The van der Waals surface area contributed by atoms with Crippen molar-refractivity contribution < 1.29 is 14.3 Å². The zero-order valence-electron chi connectivity index (χ0n) is 15.8. The summed E-state index contributed by atoms with van der Waals surface area (Å²) in [6.07, 6.45) is 6.91. The molecule has 0 atom stereocenters. The van der Waals surface area contributed by atoms with Crippen LogP contribution in [-0.2, 0) is 4.79 Å². The Kier molecular flexibility index (Phi) is 6.23. The standard InChI is InChI=1S/C23H19N3O3/c1-3-17-9-7-10-18(15-17)25-21(27)16-26(2)23(28)20-13-8-14-24-22(20)29-19-11-5-4-6-12-19/h1,4-15H,16H2,2H3,(H,25,27). The Balaban J connectivity index is 1.68. The maximum absolute atomic E-state index is 12.8. The van der Waals surface area contributed by atoms with Crippen LogP contribution in [0.4, 0.5) is 5.69 Å². The number of likely N-dealkylation sites (N-methyl/N-ethyl adjacent to an activating group) is 1. The van der Waals surface area contributed by atoms with E-state index in [0.717, 1.165) is 0 Å². The molecule has 2 amide bonds. The van der Waals surface area contributed by atoms with Gasteiger partial charge in [-0.1, -0.05) is 30.2 Å². The summed E-state index contributed by atoms with van der Waals surface area (Å²) in [7, 11) is 1.54. The fraction of sp³-hybridized carbons (Fsp3) is 0.0870. The number of carbonyl (C=O) groups excluding carboxylic acids is 2. The number of pyridine rings is 1. The summed E-state index contributed by atoms with van der Waals surface area (Å²) >= 11 is 0. The number of terminal acetylenes is 1. The highest BCUT2D eigenvalue weighted by molar-refractivity contribution is 6.00. The van der Waals surface area contributed by atoms with E-state index in [9.17, 15) is 9.59 Å². The molecule has 6 nitrogen and oxygen atoms in total. The predicted octanol–water partition coefficient (Wildman–Crippen LogP) is 3.57. The van der Waals surface area contributed by atoms with Crippen LogP contribution in [-0.4, -0.2) is 35.3 Å². The van der Waals surface area contributed by atoms with Crippen LogP contribution in [0.5, 0.6) is 11.6 Å². The maximum Gasteiger partial charge on any atom is 0.259 e. The molecular formula is C23H19N3O3. The van der Waals surface area contributed by atoms with E-state index in [1.807, 2.05) is 18.2 Å². The molecule has 0 fully saturated rings. The SMILES string of the molecule is C#Cc1cccc(NC(=O)CN(C)C(=O)c2cccnc2Oc2ccccc2)c1. The van der Waals surface area contributed by atoms with E-state index in [1.165, 1.54) is 4.90 Å². The van der Waals surface area contributed by atoms with Crippen LogP contribution in [0.1, 0.15) is 15.9 Å². The number of amides is 2. The molecule has 0 aliphatic heterocycles. The Morgan fingerprint density at radius 1 is 1.10 bits per heavy atom. The average molecular weight is 385 g/mol. The predicted molar refractivity (Wildman–Crippen MR) is 111 cm³/mol. The lowest BCUT2D eigenvalue weighted by Gasteiger charge is -2.18.